The molecule has 6 rings (SSSR count). The average Bonchev–Trinajstić information content (AvgIpc) is 3.67. The van der Waals surface area contributed by atoms with Gasteiger partial charge < -0.3 is 31.5 Å². The summed E-state index contributed by atoms with van der Waals surface area (Å²) >= 11 is 0. The molecule has 9 nitrogen and oxygen atoms in total. The molecule has 1 aromatic carbocycles. The predicted molar refractivity (Wildman–Crippen MR) is 184 cm³/mol. The molecule has 8 atom stereocenters. The quantitative estimate of drug-likeness (QED) is 0.191. The van der Waals surface area contributed by atoms with Crippen molar-refractivity contribution in [1.29, 1.82) is 0 Å². The van der Waals surface area contributed by atoms with Crippen molar-refractivity contribution in [2.75, 3.05) is 44.0 Å². The molecule has 0 amide bonds. The van der Waals surface area contributed by atoms with E-state index in [-0.39, 0.29) is 29.7 Å². The van der Waals surface area contributed by atoms with Crippen molar-refractivity contribution in [3.63, 3.8) is 0 Å². The molecule has 3 heterocycles. The highest BCUT2D eigenvalue weighted by Gasteiger charge is 2.51. The lowest BCUT2D eigenvalue weighted by molar-refractivity contribution is -0.0379. The van der Waals surface area contributed by atoms with Gasteiger partial charge in [0.1, 0.15) is 0 Å². The molecule has 45 heavy (non-hydrogen) atoms. The van der Waals surface area contributed by atoms with Crippen molar-refractivity contribution in [3.8, 4) is 0 Å². The van der Waals surface area contributed by atoms with Gasteiger partial charge in [-0.05, 0) is 81.0 Å². The second-order valence-electron chi connectivity index (χ2n) is 16.3. The van der Waals surface area contributed by atoms with Gasteiger partial charge in [0.2, 0.25) is 0 Å². The second kappa shape index (κ2) is 14.0. The Morgan fingerprint density at radius 2 is 1.78 bits per heavy atom. The Balaban J connectivity index is 0.925. The van der Waals surface area contributed by atoms with E-state index in [4.69, 9.17) is 5.73 Å². The number of likely N-dealkylation sites (tertiary alicyclic amines) is 1. The number of hydrogen-bond acceptors (Lipinski definition) is 9. The van der Waals surface area contributed by atoms with E-state index in [1.54, 1.807) is 0 Å². The highest BCUT2D eigenvalue weighted by Crippen LogP contribution is 2.41. The van der Waals surface area contributed by atoms with Gasteiger partial charge in [-0.15, -0.1) is 0 Å². The van der Waals surface area contributed by atoms with Gasteiger partial charge in [0.05, 0.1) is 48.7 Å². The van der Waals surface area contributed by atoms with Crippen LogP contribution in [-0.4, -0.2) is 101 Å². The van der Waals surface area contributed by atoms with Crippen molar-refractivity contribution in [2.24, 2.45) is 23.5 Å². The minimum atomic E-state index is -0.698. The maximum atomic E-state index is 11.2. The molecule has 9 heteroatoms. The molecule has 1 aromatic rings. The van der Waals surface area contributed by atoms with Gasteiger partial charge in [-0.3, -0.25) is 15.1 Å². The Hall–Kier alpha value is -1.46. The number of nitrogens with one attached hydrogen (secondary N) is 3. The topological polar surface area (TPSA) is 112 Å². The van der Waals surface area contributed by atoms with Crippen LogP contribution in [0.15, 0.2) is 18.2 Å². The average molecular weight is 626 g/mol. The fourth-order valence-corrected chi connectivity index (χ4v) is 9.04. The van der Waals surface area contributed by atoms with E-state index in [1.807, 2.05) is 0 Å². The number of aliphatic hydroxyl groups is 2. The Kier molecular flexibility index (Phi) is 10.4. The van der Waals surface area contributed by atoms with Gasteiger partial charge in [-0.25, -0.2) is 0 Å². The summed E-state index contributed by atoms with van der Waals surface area (Å²) in [5, 5.41) is 33.6. The molecule has 0 spiro atoms. The molecule has 3 aliphatic heterocycles. The lowest BCUT2D eigenvalue weighted by atomic mass is 9.76. The number of unbranched alkanes of at least 4 members (excludes halogenated alkanes) is 3. The standard InChI is InChI=1S/C36H63N7O2/c1-6-7-8-9-15-42-22-38-35-27(34(42)37)14-16-43(35)30-19-24(32(44)33(30)45)21-41(5)26-17-23(18-26)10-13-31-39-28-12-11-25(36(2,3)4)20-29(28)40-31/h11-12,20,23-24,26-27,30-35,38-40,44-45H,6-10,13-19,21-22,37H2,1-5H3/t23?,24-,26?,27?,30-,31?,32-,33+,34?,35?/m1/s1. The molecule has 0 aromatic heterocycles. The summed E-state index contributed by atoms with van der Waals surface area (Å²) in [6.07, 6.45) is 10.9. The fourth-order valence-electron chi connectivity index (χ4n) is 9.04. The summed E-state index contributed by atoms with van der Waals surface area (Å²) in [6, 6.07) is 7.35. The Morgan fingerprint density at radius 3 is 2.53 bits per heavy atom. The van der Waals surface area contributed by atoms with Crippen LogP contribution in [0.2, 0.25) is 0 Å². The van der Waals surface area contributed by atoms with Crippen LogP contribution in [-0.2, 0) is 5.41 Å². The third kappa shape index (κ3) is 7.20. The summed E-state index contributed by atoms with van der Waals surface area (Å²) in [6.45, 7) is 12.7. The molecule has 7 N–H and O–H groups in total. The number of anilines is 2. The Labute approximate surface area is 272 Å². The first-order chi connectivity index (χ1) is 21.5. The third-order valence-corrected chi connectivity index (χ3v) is 12.1. The smallest absolute Gasteiger partial charge is 0.0964 e. The fraction of sp³-hybridized carbons (Fsp3) is 0.833. The lowest BCUT2D eigenvalue weighted by Gasteiger charge is -2.45. The van der Waals surface area contributed by atoms with Gasteiger partial charge in [-0.1, -0.05) is 53.0 Å². The number of nitrogens with zero attached hydrogens (tertiary/aromatic N) is 3. The minimum Gasteiger partial charge on any atom is -0.390 e. The largest absolute Gasteiger partial charge is 0.390 e. The van der Waals surface area contributed by atoms with Crippen LogP contribution in [0.4, 0.5) is 11.4 Å². The summed E-state index contributed by atoms with van der Waals surface area (Å²) in [5.41, 5.74) is 10.8. The van der Waals surface area contributed by atoms with Crippen LogP contribution in [0.25, 0.3) is 0 Å². The van der Waals surface area contributed by atoms with E-state index in [0.717, 1.165) is 51.5 Å². The van der Waals surface area contributed by atoms with Crippen molar-refractivity contribution in [2.45, 2.75) is 140 Å². The van der Waals surface area contributed by atoms with Crippen LogP contribution in [0, 0.1) is 17.8 Å². The molecule has 0 radical (unpaired) electrons. The van der Waals surface area contributed by atoms with Crippen LogP contribution in [0.3, 0.4) is 0 Å². The number of aliphatic hydroxyl groups excluding tert-OH is 2. The van der Waals surface area contributed by atoms with Crippen LogP contribution in [0.1, 0.15) is 97.5 Å². The maximum Gasteiger partial charge on any atom is 0.0964 e. The van der Waals surface area contributed by atoms with E-state index < -0.39 is 12.2 Å². The monoisotopic (exact) mass is 626 g/mol. The number of benzene rings is 1. The number of rotatable bonds is 12. The van der Waals surface area contributed by atoms with E-state index in [9.17, 15) is 10.2 Å². The van der Waals surface area contributed by atoms with Gasteiger partial charge in [0, 0.05) is 43.6 Å². The highest BCUT2D eigenvalue weighted by atomic mass is 16.3. The van der Waals surface area contributed by atoms with Crippen LogP contribution < -0.4 is 21.7 Å². The summed E-state index contributed by atoms with van der Waals surface area (Å²) in [5.74, 6) is 1.23. The molecule has 4 unspecified atom stereocenters. The highest BCUT2D eigenvalue weighted by molar-refractivity contribution is 5.75. The normalized spacial score (nSPS) is 36.9. The van der Waals surface area contributed by atoms with Crippen LogP contribution in [0.5, 0.6) is 0 Å². The van der Waals surface area contributed by atoms with E-state index in [2.05, 4.69) is 83.6 Å². The molecular weight excluding hydrogens is 562 g/mol. The Morgan fingerprint density at radius 1 is 1.00 bits per heavy atom. The number of fused-ring (bicyclic) bond motifs is 2. The third-order valence-electron chi connectivity index (χ3n) is 12.1. The van der Waals surface area contributed by atoms with Crippen LogP contribution >= 0.6 is 0 Å². The molecule has 2 saturated heterocycles. The van der Waals surface area contributed by atoms with Crippen molar-refractivity contribution in [1.82, 2.24) is 20.0 Å². The van der Waals surface area contributed by atoms with Crippen molar-refractivity contribution < 1.29 is 10.2 Å². The maximum absolute atomic E-state index is 11.2. The molecule has 4 fully saturated rings. The van der Waals surface area contributed by atoms with Gasteiger partial charge in [0.15, 0.2) is 0 Å². The van der Waals surface area contributed by atoms with E-state index >= 15 is 0 Å². The Bertz CT molecular complexity index is 1120. The van der Waals surface area contributed by atoms with E-state index in [0.29, 0.717) is 18.1 Å². The summed E-state index contributed by atoms with van der Waals surface area (Å²) in [7, 11) is 2.22. The first-order valence-electron chi connectivity index (χ1n) is 18.3. The zero-order valence-electron chi connectivity index (χ0n) is 28.7. The molecule has 5 aliphatic rings. The molecule has 2 saturated carbocycles. The van der Waals surface area contributed by atoms with E-state index in [1.165, 1.54) is 61.9 Å². The first kappa shape index (κ1) is 33.4. The molecule has 254 valence electrons. The lowest BCUT2D eigenvalue weighted by Crippen LogP contribution is -2.65. The molecular formula is C36H63N7O2. The molecule has 0 bridgehead atoms. The summed E-state index contributed by atoms with van der Waals surface area (Å²) < 4.78 is 0. The first-order valence-corrected chi connectivity index (χ1v) is 18.3. The zero-order valence-corrected chi connectivity index (χ0v) is 28.7. The van der Waals surface area contributed by atoms with Crippen molar-refractivity contribution in [3.05, 3.63) is 23.8 Å². The summed E-state index contributed by atoms with van der Waals surface area (Å²) in [4.78, 5) is 7.32. The second-order valence-corrected chi connectivity index (χ2v) is 16.3. The minimum absolute atomic E-state index is 0.00615. The van der Waals surface area contributed by atoms with Gasteiger partial charge in [-0.2, -0.15) is 0 Å². The van der Waals surface area contributed by atoms with Gasteiger partial charge in [0.25, 0.3) is 0 Å². The van der Waals surface area contributed by atoms with Gasteiger partial charge >= 0.3 is 0 Å². The van der Waals surface area contributed by atoms with Crippen molar-refractivity contribution >= 4 is 11.4 Å². The number of nitrogens with two attached hydrogens (primary N) is 1. The number of hydrogen-bond donors (Lipinski definition) is 6. The zero-order chi connectivity index (χ0) is 31.9. The predicted octanol–water partition coefficient (Wildman–Crippen LogP) is 4.12. The SMILES string of the molecule is CCCCCCN1CNC2C(CCN2[C@@H]2C[C@H](CN(C)C3CC(CCC4Nc5ccc(C(C)(C)C)cc5N4)C3)[C@@H](O)[C@H]2O)C1N. The molecule has 2 aliphatic carbocycles.